The molecule has 0 saturated carbocycles. The first kappa shape index (κ1) is 12.4. The highest BCUT2D eigenvalue weighted by Gasteiger charge is 2.15. The highest BCUT2D eigenvalue weighted by atomic mass is 19.1. The third-order valence-corrected chi connectivity index (χ3v) is 1.95. The topological polar surface area (TPSA) is 64.3 Å². The fourth-order valence-electron chi connectivity index (χ4n) is 1.12. The number of carbonyl (C=O) groups is 1. The second-order valence-electron chi connectivity index (χ2n) is 3.27. The molecule has 0 fully saturated rings. The Labute approximate surface area is 93.6 Å². The highest BCUT2D eigenvalue weighted by molar-refractivity contribution is 5.80. The molecule has 16 heavy (non-hydrogen) atoms. The summed E-state index contributed by atoms with van der Waals surface area (Å²) >= 11 is 0. The number of para-hydroxylation sites is 1. The SMILES string of the molecule is CC(Oc1ccccc1F)C(=O)NCCN. The predicted molar refractivity (Wildman–Crippen MR) is 58.6 cm³/mol. The van der Waals surface area contributed by atoms with Crippen LogP contribution < -0.4 is 15.8 Å². The maximum Gasteiger partial charge on any atom is 0.260 e. The van der Waals surface area contributed by atoms with Gasteiger partial charge in [-0.1, -0.05) is 12.1 Å². The summed E-state index contributed by atoms with van der Waals surface area (Å²) in [5, 5.41) is 2.56. The van der Waals surface area contributed by atoms with Gasteiger partial charge >= 0.3 is 0 Å². The van der Waals surface area contributed by atoms with Gasteiger partial charge in [0.1, 0.15) is 0 Å². The van der Waals surface area contributed by atoms with Crippen molar-refractivity contribution in [2.45, 2.75) is 13.0 Å². The molecular formula is C11H15FN2O2. The van der Waals surface area contributed by atoms with E-state index in [-0.39, 0.29) is 11.7 Å². The molecule has 1 aromatic rings. The summed E-state index contributed by atoms with van der Waals surface area (Å²) in [7, 11) is 0. The number of ether oxygens (including phenoxy) is 1. The van der Waals surface area contributed by atoms with E-state index in [9.17, 15) is 9.18 Å². The minimum atomic E-state index is -0.747. The Kier molecular flexibility index (Phi) is 4.72. The first-order valence-corrected chi connectivity index (χ1v) is 5.04. The number of carbonyl (C=O) groups excluding carboxylic acids is 1. The van der Waals surface area contributed by atoms with Crippen LogP contribution in [0, 0.1) is 5.82 Å². The van der Waals surface area contributed by atoms with Crippen LogP contribution in [-0.4, -0.2) is 25.1 Å². The Morgan fingerprint density at radius 2 is 2.25 bits per heavy atom. The van der Waals surface area contributed by atoms with E-state index in [1.54, 1.807) is 19.1 Å². The molecule has 0 spiro atoms. The molecule has 1 atom stereocenters. The fourth-order valence-corrected chi connectivity index (χ4v) is 1.12. The van der Waals surface area contributed by atoms with Crippen LogP contribution in [0.15, 0.2) is 24.3 Å². The number of benzene rings is 1. The second kappa shape index (κ2) is 6.07. The summed E-state index contributed by atoms with van der Waals surface area (Å²) in [6.45, 7) is 2.29. The van der Waals surface area contributed by atoms with Crippen molar-refractivity contribution < 1.29 is 13.9 Å². The molecule has 0 aliphatic carbocycles. The minimum Gasteiger partial charge on any atom is -0.478 e. The third-order valence-electron chi connectivity index (χ3n) is 1.95. The average Bonchev–Trinajstić information content (AvgIpc) is 2.28. The van der Waals surface area contributed by atoms with Crippen molar-refractivity contribution in [2.24, 2.45) is 5.73 Å². The number of hydrogen-bond acceptors (Lipinski definition) is 3. The highest BCUT2D eigenvalue weighted by Crippen LogP contribution is 2.16. The van der Waals surface area contributed by atoms with E-state index in [0.29, 0.717) is 13.1 Å². The second-order valence-corrected chi connectivity index (χ2v) is 3.27. The average molecular weight is 226 g/mol. The van der Waals surface area contributed by atoms with Crippen molar-refractivity contribution in [3.8, 4) is 5.75 Å². The lowest BCUT2D eigenvalue weighted by molar-refractivity contribution is -0.127. The van der Waals surface area contributed by atoms with Crippen molar-refractivity contribution in [3.05, 3.63) is 30.1 Å². The fraction of sp³-hybridized carbons (Fsp3) is 0.364. The lowest BCUT2D eigenvalue weighted by Gasteiger charge is -2.14. The number of rotatable bonds is 5. The molecule has 3 N–H and O–H groups in total. The molecule has 1 rings (SSSR count). The first-order valence-electron chi connectivity index (χ1n) is 5.04. The molecule has 5 heteroatoms. The summed E-state index contributed by atoms with van der Waals surface area (Å²) in [5.41, 5.74) is 5.24. The number of hydrogen-bond donors (Lipinski definition) is 2. The van der Waals surface area contributed by atoms with Gasteiger partial charge in [-0.25, -0.2) is 4.39 Å². The van der Waals surface area contributed by atoms with E-state index in [1.165, 1.54) is 12.1 Å². The number of amides is 1. The number of nitrogens with one attached hydrogen (secondary N) is 1. The molecule has 0 radical (unpaired) electrons. The van der Waals surface area contributed by atoms with E-state index < -0.39 is 11.9 Å². The van der Waals surface area contributed by atoms with Gasteiger partial charge in [-0.05, 0) is 19.1 Å². The van der Waals surface area contributed by atoms with E-state index in [0.717, 1.165) is 0 Å². The maximum absolute atomic E-state index is 13.2. The molecule has 1 amide bonds. The number of nitrogens with two attached hydrogens (primary N) is 1. The minimum absolute atomic E-state index is 0.0675. The standard InChI is InChI=1S/C11H15FN2O2/c1-8(11(15)14-7-6-13)16-10-5-3-2-4-9(10)12/h2-5,8H,6-7,13H2,1H3,(H,14,15). The quantitative estimate of drug-likeness (QED) is 0.775. The van der Waals surface area contributed by atoms with Crippen LogP contribution in [0.25, 0.3) is 0 Å². The van der Waals surface area contributed by atoms with Crippen molar-refractivity contribution >= 4 is 5.91 Å². The normalized spacial score (nSPS) is 11.9. The van der Waals surface area contributed by atoms with E-state index >= 15 is 0 Å². The monoisotopic (exact) mass is 226 g/mol. The Morgan fingerprint density at radius 1 is 1.56 bits per heavy atom. The molecule has 1 unspecified atom stereocenters. The number of halogens is 1. The van der Waals surface area contributed by atoms with Crippen LogP contribution in [0.3, 0.4) is 0 Å². The van der Waals surface area contributed by atoms with Crippen LogP contribution in [0.2, 0.25) is 0 Å². The Morgan fingerprint density at radius 3 is 2.88 bits per heavy atom. The van der Waals surface area contributed by atoms with E-state index in [2.05, 4.69) is 5.32 Å². The van der Waals surface area contributed by atoms with Gasteiger partial charge < -0.3 is 15.8 Å². The van der Waals surface area contributed by atoms with Gasteiger partial charge in [0.25, 0.3) is 5.91 Å². The van der Waals surface area contributed by atoms with Crippen LogP contribution in [0.5, 0.6) is 5.75 Å². The van der Waals surface area contributed by atoms with Crippen LogP contribution in [0.4, 0.5) is 4.39 Å². The Hall–Kier alpha value is -1.62. The summed E-state index contributed by atoms with van der Waals surface area (Å²) in [4.78, 5) is 11.4. The van der Waals surface area contributed by atoms with Crippen molar-refractivity contribution in [1.29, 1.82) is 0 Å². The lowest BCUT2D eigenvalue weighted by Crippen LogP contribution is -2.38. The largest absolute Gasteiger partial charge is 0.478 e. The van der Waals surface area contributed by atoms with Gasteiger partial charge in [0.2, 0.25) is 0 Å². The molecule has 0 heterocycles. The molecular weight excluding hydrogens is 211 g/mol. The van der Waals surface area contributed by atoms with Crippen molar-refractivity contribution in [2.75, 3.05) is 13.1 Å². The van der Waals surface area contributed by atoms with Crippen molar-refractivity contribution in [1.82, 2.24) is 5.32 Å². The molecule has 0 saturated heterocycles. The summed E-state index contributed by atoms with van der Waals surface area (Å²) in [6.07, 6.45) is -0.747. The summed E-state index contributed by atoms with van der Waals surface area (Å²) in [6, 6.07) is 5.95. The van der Waals surface area contributed by atoms with Gasteiger partial charge in [-0.2, -0.15) is 0 Å². The molecule has 0 aliphatic heterocycles. The molecule has 4 nitrogen and oxygen atoms in total. The third kappa shape index (κ3) is 3.51. The van der Waals surface area contributed by atoms with Crippen molar-refractivity contribution in [3.63, 3.8) is 0 Å². The van der Waals surface area contributed by atoms with Gasteiger partial charge in [-0.3, -0.25) is 4.79 Å². The van der Waals surface area contributed by atoms with Crippen LogP contribution >= 0.6 is 0 Å². The molecule has 1 aromatic carbocycles. The zero-order valence-corrected chi connectivity index (χ0v) is 9.07. The Balaban J connectivity index is 2.54. The molecule has 0 aliphatic rings. The maximum atomic E-state index is 13.2. The lowest BCUT2D eigenvalue weighted by atomic mass is 10.3. The summed E-state index contributed by atoms with van der Waals surface area (Å²) < 4.78 is 18.4. The van der Waals surface area contributed by atoms with E-state index in [4.69, 9.17) is 10.5 Å². The zero-order valence-electron chi connectivity index (χ0n) is 9.07. The van der Waals surface area contributed by atoms with Gasteiger partial charge in [-0.15, -0.1) is 0 Å². The van der Waals surface area contributed by atoms with Crippen LogP contribution in [-0.2, 0) is 4.79 Å². The summed E-state index contributed by atoms with van der Waals surface area (Å²) in [5.74, 6) is -0.729. The van der Waals surface area contributed by atoms with Gasteiger partial charge in [0.15, 0.2) is 17.7 Å². The van der Waals surface area contributed by atoms with Crippen LogP contribution in [0.1, 0.15) is 6.92 Å². The smallest absolute Gasteiger partial charge is 0.260 e. The zero-order chi connectivity index (χ0) is 12.0. The first-order chi connectivity index (χ1) is 7.65. The molecule has 0 bridgehead atoms. The predicted octanol–water partition coefficient (Wildman–Crippen LogP) is 0.668. The van der Waals surface area contributed by atoms with E-state index in [1.807, 2.05) is 0 Å². The van der Waals surface area contributed by atoms with Gasteiger partial charge in [0, 0.05) is 13.1 Å². The van der Waals surface area contributed by atoms with Gasteiger partial charge in [0.05, 0.1) is 0 Å². The Bertz CT molecular complexity index is 358. The molecule has 0 aromatic heterocycles. The molecule has 88 valence electrons.